The average molecular weight is 661 g/mol. The van der Waals surface area contributed by atoms with Crippen molar-refractivity contribution >= 4 is 15.6 Å². The number of fused-ring (bicyclic) bond motifs is 4. The van der Waals surface area contributed by atoms with E-state index in [0.29, 0.717) is 5.92 Å². The van der Waals surface area contributed by atoms with E-state index in [1.165, 1.54) is 75.8 Å². The molecule has 0 spiro atoms. The Morgan fingerprint density at radius 3 is 2.23 bits per heavy atom. The van der Waals surface area contributed by atoms with E-state index >= 15 is 0 Å². The van der Waals surface area contributed by atoms with Gasteiger partial charge in [-0.2, -0.15) is 18.2 Å². The Labute approximate surface area is 275 Å². The van der Waals surface area contributed by atoms with Crippen LogP contribution in [-0.2, 0) is 32.6 Å². The molecule has 0 bridgehead atoms. The van der Waals surface area contributed by atoms with Crippen LogP contribution in [0, 0.1) is 6.07 Å². The van der Waals surface area contributed by atoms with Gasteiger partial charge in [-0.25, -0.2) is 0 Å². The first-order valence-corrected chi connectivity index (χ1v) is 16.3. The van der Waals surface area contributed by atoms with Gasteiger partial charge in [0.2, 0.25) is 0 Å². The number of allylic oxidation sites excluding steroid dienone is 1. The molecule has 0 N–H and O–H groups in total. The second-order valence-corrected chi connectivity index (χ2v) is 11.5. The fraction of sp³-hybridized carbons (Fsp3) is 0.278. The molecule has 2 radical (unpaired) electrons. The summed E-state index contributed by atoms with van der Waals surface area (Å²) in [6.07, 6.45) is 9.87. The quantitative estimate of drug-likeness (QED) is 0.142. The van der Waals surface area contributed by atoms with Gasteiger partial charge in [-0.05, 0) is 52.6 Å². The largest absolute Gasteiger partial charge is 3.00 e. The van der Waals surface area contributed by atoms with Gasteiger partial charge in [-0.15, -0.1) is 16.7 Å². The van der Waals surface area contributed by atoms with E-state index < -0.39 is 0 Å². The van der Waals surface area contributed by atoms with Crippen molar-refractivity contribution < 1.29 is 51.0 Å². The normalized spacial score (nSPS) is 13.7. The van der Waals surface area contributed by atoms with Crippen LogP contribution in [0.1, 0.15) is 72.8 Å². The molecule has 0 nitrogen and oxygen atoms in total. The van der Waals surface area contributed by atoms with Gasteiger partial charge < -0.3 is 24.8 Å². The standard InChI is InChI=1S/C34H31.C2H7Si.2ClH.Zr/c1-2-3-4-6-16-26-23-32-27(24-13-7-5-8-14-24)18-11-20-30(32)34(26)31-21-12-19-29-28-17-10-9-15-25(28)22-33(29)31;1-3-2;;;/h5,7-15,17-20,23,34H,2-4,6,16,22H2,1H3;3H,1-2H3;2*1H;/q-1;;;;+3/p-2. The van der Waals surface area contributed by atoms with E-state index in [0.717, 1.165) is 22.4 Å². The number of benzene rings is 4. The van der Waals surface area contributed by atoms with E-state index in [2.05, 4.69) is 117 Å². The summed E-state index contributed by atoms with van der Waals surface area (Å²) in [7, 11) is 0.750. The molecule has 0 amide bonds. The number of halogens is 2. The Bertz CT molecular complexity index is 1400. The first kappa shape index (κ1) is 34.5. The van der Waals surface area contributed by atoms with Crippen LogP contribution in [0.4, 0.5) is 0 Å². The summed E-state index contributed by atoms with van der Waals surface area (Å²) < 4.78 is 0. The van der Waals surface area contributed by atoms with Crippen molar-refractivity contribution in [2.45, 2.75) is 64.5 Å². The molecule has 0 heterocycles. The maximum atomic E-state index is 3.74. The summed E-state index contributed by atoms with van der Waals surface area (Å²) >= 11 is 0. The third-order valence-electron chi connectivity index (χ3n) is 7.66. The second-order valence-electron chi connectivity index (χ2n) is 10.3. The van der Waals surface area contributed by atoms with Crippen molar-refractivity contribution in [3.63, 3.8) is 0 Å². The van der Waals surface area contributed by atoms with E-state index in [9.17, 15) is 0 Å². The van der Waals surface area contributed by atoms with Crippen molar-refractivity contribution in [3.05, 3.63) is 124 Å². The molecule has 0 aromatic heterocycles. The Kier molecular flexibility index (Phi) is 14.4. The summed E-state index contributed by atoms with van der Waals surface area (Å²) in [5.74, 6) is 0.310. The third kappa shape index (κ3) is 7.19. The van der Waals surface area contributed by atoms with E-state index in [1.807, 2.05) is 0 Å². The van der Waals surface area contributed by atoms with E-state index in [-0.39, 0.29) is 51.0 Å². The Balaban J connectivity index is 0.000000896. The van der Waals surface area contributed by atoms with Crippen LogP contribution in [0.3, 0.4) is 0 Å². The first-order valence-electron chi connectivity index (χ1n) is 14.0. The molecule has 1 unspecified atom stereocenters. The van der Waals surface area contributed by atoms with Gasteiger partial charge in [-0.1, -0.05) is 124 Å². The predicted octanol–water partition coefficient (Wildman–Crippen LogP) is 3.75. The molecule has 0 saturated heterocycles. The number of unbranched alkanes of at least 4 members (excludes halogenated alkanes) is 3. The van der Waals surface area contributed by atoms with Crippen molar-refractivity contribution in [2.75, 3.05) is 0 Å². The minimum atomic E-state index is 0. The van der Waals surface area contributed by atoms with E-state index in [1.54, 1.807) is 5.57 Å². The zero-order valence-corrected chi connectivity index (χ0v) is 28.9. The second kappa shape index (κ2) is 16.7. The summed E-state index contributed by atoms with van der Waals surface area (Å²) in [6.45, 7) is 6.71. The summed E-state index contributed by atoms with van der Waals surface area (Å²) in [5.41, 5.74) is 14.2. The van der Waals surface area contributed by atoms with Gasteiger partial charge in [0.05, 0.1) is 0 Å². The Morgan fingerprint density at radius 2 is 1.48 bits per heavy atom. The van der Waals surface area contributed by atoms with Crippen molar-refractivity contribution in [1.29, 1.82) is 0 Å². The summed E-state index contributed by atoms with van der Waals surface area (Å²) in [5, 5.41) is 0. The van der Waals surface area contributed by atoms with Gasteiger partial charge in [0, 0.05) is 15.4 Å². The van der Waals surface area contributed by atoms with Crippen LogP contribution in [0.2, 0.25) is 13.1 Å². The molecule has 0 fully saturated rings. The molecule has 2 aliphatic rings. The third-order valence-corrected chi connectivity index (χ3v) is 7.66. The van der Waals surface area contributed by atoms with Gasteiger partial charge in [-0.3, -0.25) is 0 Å². The maximum absolute atomic E-state index is 3.74. The SMILES string of the molecule is CCCCCCC1=Cc2c(-c3ccccc3)cccc2C1c1[c-]ccc2c1Cc1ccccc1-2.C[SiH]C.[Cl-].[Cl-].[Zr+3]. The van der Waals surface area contributed by atoms with Gasteiger partial charge >= 0.3 is 26.2 Å². The minimum absolute atomic E-state index is 0. The van der Waals surface area contributed by atoms with Crippen LogP contribution < -0.4 is 24.8 Å². The molecule has 4 aromatic rings. The van der Waals surface area contributed by atoms with Crippen LogP contribution in [0.25, 0.3) is 28.3 Å². The van der Waals surface area contributed by atoms with Crippen molar-refractivity contribution in [1.82, 2.24) is 0 Å². The van der Waals surface area contributed by atoms with Gasteiger partial charge in [0.15, 0.2) is 0 Å². The Hall–Kier alpha value is -1.70. The molecule has 1 atom stereocenters. The van der Waals surface area contributed by atoms with E-state index in [4.69, 9.17) is 0 Å². The number of hydrogen-bond donors (Lipinski definition) is 0. The molecule has 4 aromatic carbocycles. The summed E-state index contributed by atoms with van der Waals surface area (Å²) in [6, 6.07) is 34.8. The molecule has 0 saturated carbocycles. The Morgan fingerprint density at radius 1 is 0.775 bits per heavy atom. The smallest absolute Gasteiger partial charge is 1.00 e. The molecule has 2 aliphatic carbocycles. The zero-order valence-electron chi connectivity index (χ0n) is 23.8. The summed E-state index contributed by atoms with van der Waals surface area (Å²) in [4.78, 5) is 0. The van der Waals surface area contributed by atoms with Gasteiger partial charge in [0.1, 0.15) is 0 Å². The van der Waals surface area contributed by atoms with Crippen molar-refractivity contribution in [3.8, 4) is 22.3 Å². The molecular weight excluding hydrogens is 623 g/mol. The topological polar surface area (TPSA) is 0 Å². The average Bonchev–Trinajstić information content (AvgIpc) is 3.50. The molecule has 4 heteroatoms. The van der Waals surface area contributed by atoms with Crippen LogP contribution in [-0.4, -0.2) is 9.52 Å². The van der Waals surface area contributed by atoms with Crippen LogP contribution in [0.15, 0.2) is 90.5 Å². The number of rotatable bonds is 7. The predicted molar refractivity (Wildman–Crippen MR) is 163 cm³/mol. The molecule has 204 valence electrons. The first-order chi connectivity index (χ1) is 18.3. The molecular formula is C36H38Cl2SiZr. The minimum Gasteiger partial charge on any atom is -1.00 e. The fourth-order valence-corrected chi connectivity index (χ4v) is 6.02. The molecule has 6 rings (SSSR count). The zero-order chi connectivity index (χ0) is 25.6. The maximum Gasteiger partial charge on any atom is 3.00 e. The van der Waals surface area contributed by atoms with Crippen LogP contribution >= 0.6 is 0 Å². The fourth-order valence-electron chi connectivity index (χ4n) is 6.02. The monoisotopic (exact) mass is 658 g/mol. The number of hydrogen-bond acceptors (Lipinski definition) is 0. The molecule has 0 aliphatic heterocycles. The molecule has 40 heavy (non-hydrogen) atoms. The van der Waals surface area contributed by atoms with Gasteiger partial charge in [0.25, 0.3) is 0 Å². The van der Waals surface area contributed by atoms with Crippen molar-refractivity contribution in [2.24, 2.45) is 0 Å². The van der Waals surface area contributed by atoms with Crippen LogP contribution in [0.5, 0.6) is 0 Å².